The third-order valence-corrected chi connectivity index (χ3v) is 5.21. The van der Waals surface area contributed by atoms with Crippen molar-refractivity contribution in [1.29, 1.82) is 0 Å². The van der Waals surface area contributed by atoms with Gasteiger partial charge in [-0.1, -0.05) is 30.3 Å². The van der Waals surface area contributed by atoms with Gasteiger partial charge in [0.15, 0.2) is 10.4 Å². The molecule has 2 aromatic rings. The van der Waals surface area contributed by atoms with Gasteiger partial charge >= 0.3 is 0 Å². The lowest BCUT2D eigenvalue weighted by Gasteiger charge is -2.35. The molecule has 1 aromatic carbocycles. The van der Waals surface area contributed by atoms with E-state index in [0.717, 1.165) is 38.3 Å². The molecule has 1 aromatic heterocycles. The number of nitrogens with zero attached hydrogens (tertiary/aromatic N) is 2. The minimum atomic E-state index is -0.420. The number of benzene rings is 1. The number of carbonyl (C=O) groups excluding carboxylic acids is 2. The fraction of sp³-hybridized carbons (Fsp3) is 0.400. The molecule has 1 saturated heterocycles. The van der Waals surface area contributed by atoms with Gasteiger partial charge in [0.25, 0.3) is 5.91 Å². The van der Waals surface area contributed by atoms with Crippen LogP contribution in [0.4, 0.5) is 0 Å². The van der Waals surface area contributed by atoms with Gasteiger partial charge in [0.05, 0.1) is 12.6 Å². The zero-order chi connectivity index (χ0) is 19.9. The van der Waals surface area contributed by atoms with Gasteiger partial charge in [-0.2, -0.15) is 0 Å². The van der Waals surface area contributed by atoms with Gasteiger partial charge in [0, 0.05) is 32.7 Å². The Morgan fingerprint density at radius 1 is 1.11 bits per heavy atom. The Labute approximate surface area is 173 Å². The van der Waals surface area contributed by atoms with Crippen molar-refractivity contribution in [3.05, 3.63) is 58.5 Å². The number of hydrogen-bond acceptors (Lipinski definition) is 5. The standard InChI is InChI=1S/C20H25BrN4O3/c1-24-9-11-25(12-10-24)14-16(15-5-3-2-4-6-15)23-19(26)13-22-20(27)17-7-8-18(21)28-17/h2-8,16H,9-14H2,1H3,(H,22,27)(H,23,26). The first kappa shape index (κ1) is 20.6. The van der Waals surface area contributed by atoms with E-state index < -0.39 is 5.91 Å². The van der Waals surface area contributed by atoms with Crippen molar-refractivity contribution in [1.82, 2.24) is 20.4 Å². The molecule has 0 bridgehead atoms. The maximum atomic E-state index is 12.5. The van der Waals surface area contributed by atoms with E-state index in [2.05, 4.69) is 43.4 Å². The van der Waals surface area contributed by atoms with Gasteiger partial charge in [-0.25, -0.2) is 0 Å². The Kier molecular flexibility index (Phi) is 7.24. The van der Waals surface area contributed by atoms with E-state index >= 15 is 0 Å². The minimum Gasteiger partial charge on any atom is -0.444 e. The quantitative estimate of drug-likeness (QED) is 0.675. The molecule has 8 heteroatoms. The average molecular weight is 449 g/mol. The van der Waals surface area contributed by atoms with Gasteiger partial charge < -0.3 is 20.0 Å². The number of rotatable bonds is 7. The highest BCUT2D eigenvalue weighted by atomic mass is 79.9. The SMILES string of the molecule is CN1CCN(CC(NC(=O)CNC(=O)c2ccc(Br)o2)c2ccccc2)CC1. The van der Waals surface area contributed by atoms with Crippen molar-refractivity contribution in [2.75, 3.05) is 46.3 Å². The zero-order valence-electron chi connectivity index (χ0n) is 15.9. The van der Waals surface area contributed by atoms with Crippen LogP contribution in [-0.2, 0) is 4.79 Å². The molecule has 2 amide bonds. The largest absolute Gasteiger partial charge is 0.444 e. The molecular weight excluding hydrogens is 424 g/mol. The maximum absolute atomic E-state index is 12.5. The molecule has 7 nitrogen and oxygen atoms in total. The van der Waals surface area contributed by atoms with Crippen LogP contribution in [0.25, 0.3) is 0 Å². The summed E-state index contributed by atoms with van der Waals surface area (Å²) in [5.41, 5.74) is 1.05. The van der Waals surface area contributed by atoms with E-state index in [0.29, 0.717) is 4.67 Å². The molecule has 1 unspecified atom stereocenters. The van der Waals surface area contributed by atoms with Crippen molar-refractivity contribution in [2.45, 2.75) is 6.04 Å². The molecule has 1 atom stereocenters. The van der Waals surface area contributed by atoms with Crippen molar-refractivity contribution in [3.63, 3.8) is 0 Å². The topological polar surface area (TPSA) is 77.8 Å². The Bertz CT molecular complexity index is 788. The molecule has 3 rings (SSSR count). The number of hydrogen-bond donors (Lipinski definition) is 2. The lowest BCUT2D eigenvalue weighted by molar-refractivity contribution is -0.121. The van der Waals surface area contributed by atoms with Crippen molar-refractivity contribution in [2.24, 2.45) is 0 Å². The number of halogens is 1. The van der Waals surface area contributed by atoms with Crippen LogP contribution in [-0.4, -0.2) is 67.9 Å². The summed E-state index contributed by atoms with van der Waals surface area (Å²) in [6, 6.07) is 13.0. The summed E-state index contributed by atoms with van der Waals surface area (Å²) < 4.78 is 5.67. The molecule has 2 N–H and O–H groups in total. The predicted octanol–water partition coefficient (Wildman–Crippen LogP) is 1.88. The van der Waals surface area contributed by atoms with E-state index in [1.807, 2.05) is 30.3 Å². The van der Waals surface area contributed by atoms with Crippen molar-refractivity contribution in [3.8, 4) is 0 Å². The molecule has 1 fully saturated rings. The monoisotopic (exact) mass is 448 g/mol. The molecule has 1 aliphatic rings. The van der Waals surface area contributed by atoms with Crippen molar-refractivity contribution >= 4 is 27.7 Å². The first-order valence-electron chi connectivity index (χ1n) is 9.30. The number of furan rings is 1. The molecule has 0 aliphatic carbocycles. The molecule has 0 radical (unpaired) electrons. The van der Waals surface area contributed by atoms with Gasteiger partial charge in [-0.3, -0.25) is 14.5 Å². The number of nitrogens with one attached hydrogen (secondary N) is 2. The summed E-state index contributed by atoms with van der Waals surface area (Å²) >= 11 is 3.16. The summed E-state index contributed by atoms with van der Waals surface area (Å²) in [6.07, 6.45) is 0. The van der Waals surface area contributed by atoms with Gasteiger partial charge in [0.2, 0.25) is 5.91 Å². The summed E-state index contributed by atoms with van der Waals surface area (Å²) in [4.78, 5) is 29.2. The second-order valence-electron chi connectivity index (χ2n) is 6.92. The summed E-state index contributed by atoms with van der Waals surface area (Å²) in [7, 11) is 2.12. The third-order valence-electron chi connectivity index (χ3n) is 4.78. The Balaban J connectivity index is 1.57. The van der Waals surface area contributed by atoms with Crippen molar-refractivity contribution < 1.29 is 14.0 Å². The van der Waals surface area contributed by atoms with Gasteiger partial charge in [0.1, 0.15) is 0 Å². The van der Waals surface area contributed by atoms with E-state index in [4.69, 9.17) is 4.42 Å². The summed E-state index contributed by atoms with van der Waals surface area (Å²) in [5, 5.41) is 5.65. The fourth-order valence-electron chi connectivity index (χ4n) is 3.14. The molecule has 1 aliphatic heterocycles. The van der Waals surface area contributed by atoms with Crippen LogP contribution in [0.3, 0.4) is 0 Å². The minimum absolute atomic E-state index is 0.108. The highest BCUT2D eigenvalue weighted by Gasteiger charge is 2.21. The highest BCUT2D eigenvalue weighted by Crippen LogP contribution is 2.16. The van der Waals surface area contributed by atoms with Crippen LogP contribution in [0.15, 0.2) is 51.6 Å². The molecule has 28 heavy (non-hydrogen) atoms. The van der Waals surface area contributed by atoms with Crippen LogP contribution >= 0.6 is 15.9 Å². The second-order valence-corrected chi connectivity index (χ2v) is 7.70. The molecule has 150 valence electrons. The number of piperazine rings is 1. The Morgan fingerprint density at radius 3 is 2.46 bits per heavy atom. The fourth-order valence-corrected chi connectivity index (χ4v) is 3.44. The van der Waals surface area contributed by atoms with Crippen LogP contribution in [0.2, 0.25) is 0 Å². The molecule has 2 heterocycles. The van der Waals surface area contributed by atoms with E-state index in [9.17, 15) is 9.59 Å². The van der Waals surface area contributed by atoms with Gasteiger partial charge in [-0.15, -0.1) is 0 Å². The second kappa shape index (κ2) is 9.86. The summed E-state index contributed by atoms with van der Waals surface area (Å²) in [5.74, 6) is -0.491. The van der Waals surface area contributed by atoms with Crippen LogP contribution < -0.4 is 10.6 Å². The number of likely N-dealkylation sites (N-methyl/N-ethyl adjacent to an activating group) is 1. The van der Waals surface area contributed by atoms with E-state index in [1.165, 1.54) is 0 Å². The number of carbonyl (C=O) groups is 2. The van der Waals surface area contributed by atoms with E-state index in [-0.39, 0.29) is 24.3 Å². The predicted molar refractivity (Wildman–Crippen MR) is 110 cm³/mol. The maximum Gasteiger partial charge on any atom is 0.287 e. The number of amides is 2. The van der Waals surface area contributed by atoms with Crippen LogP contribution in [0, 0.1) is 0 Å². The van der Waals surface area contributed by atoms with Gasteiger partial charge in [-0.05, 0) is 40.7 Å². The molecule has 0 saturated carbocycles. The molecular formula is C20H25BrN4O3. The Morgan fingerprint density at radius 2 is 1.82 bits per heavy atom. The average Bonchev–Trinajstić information content (AvgIpc) is 3.14. The third kappa shape index (κ3) is 5.92. The first-order valence-corrected chi connectivity index (χ1v) is 10.1. The van der Waals surface area contributed by atoms with Crippen LogP contribution in [0.5, 0.6) is 0 Å². The van der Waals surface area contributed by atoms with E-state index in [1.54, 1.807) is 12.1 Å². The lowest BCUT2D eigenvalue weighted by Crippen LogP contribution is -2.48. The highest BCUT2D eigenvalue weighted by molar-refractivity contribution is 9.10. The molecule has 0 spiro atoms. The normalized spacial score (nSPS) is 16.5. The first-order chi connectivity index (χ1) is 13.5. The Hall–Kier alpha value is -2.16. The lowest BCUT2D eigenvalue weighted by atomic mass is 10.1. The van der Waals surface area contributed by atoms with Crippen LogP contribution in [0.1, 0.15) is 22.2 Å². The summed E-state index contributed by atoms with van der Waals surface area (Å²) in [6.45, 7) is 4.61. The smallest absolute Gasteiger partial charge is 0.287 e. The zero-order valence-corrected chi connectivity index (χ0v) is 17.4.